The number of thiocarbonyl (C=S) groups is 1. The molecule has 0 unspecified atom stereocenters. The monoisotopic (exact) mass is 404 g/mol. The number of hydrogen-bond donors (Lipinski definition) is 1. The Kier molecular flexibility index (Phi) is 5.61. The SMILES string of the molecule is NC(=O)COc1ccc(/C=C2/SC(=S)N(c3ccc(Cl)cc3)C2=O)cc1. The van der Waals surface area contributed by atoms with Crippen molar-refractivity contribution in [1.82, 2.24) is 0 Å². The van der Waals surface area contributed by atoms with Crippen molar-refractivity contribution in [1.29, 1.82) is 0 Å². The van der Waals surface area contributed by atoms with Crippen LogP contribution in [0.4, 0.5) is 5.69 Å². The zero-order chi connectivity index (χ0) is 18.7. The fraction of sp³-hybridized carbons (Fsp3) is 0.0556. The van der Waals surface area contributed by atoms with Crippen molar-refractivity contribution in [2.45, 2.75) is 0 Å². The molecule has 8 heteroatoms. The number of carbonyl (C=O) groups is 2. The maximum absolute atomic E-state index is 12.7. The lowest BCUT2D eigenvalue weighted by molar-refractivity contribution is -0.120. The second-order valence-corrected chi connectivity index (χ2v) is 7.43. The van der Waals surface area contributed by atoms with Crippen LogP contribution in [0.15, 0.2) is 53.4 Å². The van der Waals surface area contributed by atoms with Gasteiger partial charge in [-0.3, -0.25) is 14.5 Å². The summed E-state index contributed by atoms with van der Waals surface area (Å²) in [5.74, 6) is -0.203. The van der Waals surface area contributed by atoms with Gasteiger partial charge >= 0.3 is 0 Å². The highest BCUT2D eigenvalue weighted by atomic mass is 35.5. The molecule has 1 aliphatic rings. The third-order valence-corrected chi connectivity index (χ3v) is 4.99. The maximum Gasteiger partial charge on any atom is 0.270 e. The molecule has 2 amide bonds. The Morgan fingerprint density at radius 3 is 2.46 bits per heavy atom. The van der Waals surface area contributed by atoms with Gasteiger partial charge in [-0.25, -0.2) is 0 Å². The Morgan fingerprint density at radius 1 is 1.19 bits per heavy atom. The highest BCUT2D eigenvalue weighted by Crippen LogP contribution is 2.36. The fourth-order valence-electron chi connectivity index (χ4n) is 2.25. The van der Waals surface area contributed by atoms with Gasteiger partial charge in [0.25, 0.3) is 11.8 Å². The molecule has 0 bridgehead atoms. The molecule has 2 aromatic rings. The first kappa shape index (κ1) is 18.4. The van der Waals surface area contributed by atoms with E-state index in [2.05, 4.69) is 0 Å². The van der Waals surface area contributed by atoms with Gasteiger partial charge in [-0.2, -0.15) is 0 Å². The second kappa shape index (κ2) is 7.90. The number of nitrogens with zero attached hydrogens (tertiary/aromatic N) is 1. The van der Waals surface area contributed by atoms with Crippen LogP contribution in [0.2, 0.25) is 5.02 Å². The van der Waals surface area contributed by atoms with Gasteiger partial charge in [-0.1, -0.05) is 47.7 Å². The van der Waals surface area contributed by atoms with Crippen molar-refractivity contribution < 1.29 is 14.3 Å². The van der Waals surface area contributed by atoms with Crippen molar-refractivity contribution in [2.24, 2.45) is 5.73 Å². The average molecular weight is 405 g/mol. The van der Waals surface area contributed by atoms with E-state index in [1.54, 1.807) is 54.6 Å². The molecule has 26 heavy (non-hydrogen) atoms. The molecule has 2 N–H and O–H groups in total. The summed E-state index contributed by atoms with van der Waals surface area (Å²) in [5.41, 5.74) is 6.53. The van der Waals surface area contributed by atoms with E-state index in [0.29, 0.717) is 25.7 Å². The summed E-state index contributed by atoms with van der Waals surface area (Å²) in [6.45, 7) is -0.181. The molecule has 0 aromatic heterocycles. The van der Waals surface area contributed by atoms with E-state index in [0.717, 1.165) is 5.56 Å². The van der Waals surface area contributed by atoms with Crippen LogP contribution in [0.1, 0.15) is 5.56 Å². The van der Waals surface area contributed by atoms with Crippen LogP contribution < -0.4 is 15.4 Å². The molecule has 1 saturated heterocycles. The molecule has 3 rings (SSSR count). The van der Waals surface area contributed by atoms with Gasteiger partial charge in [0.1, 0.15) is 5.75 Å². The molecule has 0 aliphatic carbocycles. The number of anilines is 1. The summed E-state index contributed by atoms with van der Waals surface area (Å²) < 4.78 is 5.67. The number of carbonyl (C=O) groups excluding carboxylic acids is 2. The van der Waals surface area contributed by atoms with Gasteiger partial charge in [0.15, 0.2) is 10.9 Å². The molecule has 5 nitrogen and oxygen atoms in total. The fourth-order valence-corrected chi connectivity index (χ4v) is 3.67. The number of nitrogens with two attached hydrogens (primary N) is 1. The average Bonchev–Trinajstić information content (AvgIpc) is 2.89. The van der Waals surface area contributed by atoms with Crippen molar-refractivity contribution >= 4 is 63.5 Å². The number of amides is 2. The lowest BCUT2D eigenvalue weighted by Gasteiger charge is -2.14. The number of hydrogen-bond acceptors (Lipinski definition) is 5. The molecule has 0 saturated carbocycles. The van der Waals surface area contributed by atoms with E-state index in [-0.39, 0.29) is 12.5 Å². The third kappa shape index (κ3) is 4.24. The molecular weight excluding hydrogens is 392 g/mol. The zero-order valence-electron chi connectivity index (χ0n) is 13.3. The molecule has 1 heterocycles. The molecular formula is C18H13ClN2O3S2. The molecule has 1 fully saturated rings. The predicted molar refractivity (Wildman–Crippen MR) is 108 cm³/mol. The van der Waals surface area contributed by atoms with Crippen LogP contribution in [-0.2, 0) is 9.59 Å². The van der Waals surface area contributed by atoms with Gasteiger partial charge in [-0.15, -0.1) is 0 Å². The van der Waals surface area contributed by atoms with E-state index in [4.69, 9.17) is 34.3 Å². The summed E-state index contributed by atoms with van der Waals surface area (Å²) in [5, 5.41) is 0.591. The normalized spacial score (nSPS) is 15.6. The highest BCUT2D eigenvalue weighted by molar-refractivity contribution is 8.27. The summed E-state index contributed by atoms with van der Waals surface area (Å²) >= 11 is 12.5. The van der Waals surface area contributed by atoms with Crippen LogP contribution in [-0.4, -0.2) is 22.7 Å². The first-order valence-corrected chi connectivity index (χ1v) is 9.09. The van der Waals surface area contributed by atoms with Crippen LogP contribution in [0, 0.1) is 0 Å². The zero-order valence-corrected chi connectivity index (χ0v) is 15.7. The Labute approximate surface area is 164 Å². The Morgan fingerprint density at radius 2 is 1.85 bits per heavy atom. The van der Waals surface area contributed by atoms with Crippen LogP contribution in [0.3, 0.4) is 0 Å². The van der Waals surface area contributed by atoms with Crippen LogP contribution in [0.5, 0.6) is 5.75 Å². The van der Waals surface area contributed by atoms with Gasteiger partial charge < -0.3 is 10.5 Å². The first-order valence-electron chi connectivity index (χ1n) is 7.49. The maximum atomic E-state index is 12.7. The van der Waals surface area contributed by atoms with E-state index in [9.17, 15) is 9.59 Å². The predicted octanol–water partition coefficient (Wildman–Crippen LogP) is 3.61. The quantitative estimate of drug-likeness (QED) is 0.608. The lowest BCUT2D eigenvalue weighted by atomic mass is 10.2. The minimum atomic E-state index is -0.542. The molecule has 0 radical (unpaired) electrons. The number of thioether (sulfide) groups is 1. The Bertz CT molecular complexity index is 896. The summed E-state index contributed by atoms with van der Waals surface area (Å²) in [7, 11) is 0. The summed E-state index contributed by atoms with van der Waals surface area (Å²) in [4.78, 5) is 25.4. The van der Waals surface area contributed by atoms with Gasteiger partial charge in [-0.05, 0) is 48.0 Å². The van der Waals surface area contributed by atoms with Gasteiger partial charge in [0.2, 0.25) is 0 Å². The largest absolute Gasteiger partial charge is 0.484 e. The van der Waals surface area contributed by atoms with Crippen molar-refractivity contribution in [3.05, 3.63) is 64.0 Å². The molecule has 2 aromatic carbocycles. The standard InChI is InChI=1S/C18H13ClN2O3S2/c19-12-3-5-13(6-4-12)21-17(23)15(26-18(21)25)9-11-1-7-14(8-2-11)24-10-16(20)22/h1-9H,10H2,(H2,20,22)/b15-9+. The topological polar surface area (TPSA) is 72.6 Å². The third-order valence-electron chi connectivity index (χ3n) is 3.44. The second-order valence-electron chi connectivity index (χ2n) is 5.32. The van der Waals surface area contributed by atoms with E-state index in [1.807, 2.05) is 0 Å². The number of benzene rings is 2. The smallest absolute Gasteiger partial charge is 0.270 e. The minimum Gasteiger partial charge on any atom is -0.484 e. The summed E-state index contributed by atoms with van der Waals surface area (Å²) in [6, 6.07) is 13.9. The molecule has 0 atom stereocenters. The number of rotatable bonds is 5. The van der Waals surface area contributed by atoms with E-state index < -0.39 is 5.91 Å². The summed E-state index contributed by atoms with van der Waals surface area (Å²) in [6.07, 6.45) is 1.76. The Hall–Kier alpha value is -2.35. The minimum absolute atomic E-state index is 0.181. The Balaban J connectivity index is 1.77. The van der Waals surface area contributed by atoms with Crippen LogP contribution >= 0.6 is 35.6 Å². The number of ether oxygens (including phenoxy) is 1. The first-order chi connectivity index (χ1) is 12.4. The molecule has 132 valence electrons. The van der Waals surface area contributed by atoms with Gasteiger partial charge in [0, 0.05) is 5.02 Å². The van der Waals surface area contributed by atoms with Crippen molar-refractivity contribution in [3.63, 3.8) is 0 Å². The van der Waals surface area contributed by atoms with Crippen molar-refractivity contribution in [3.8, 4) is 5.75 Å². The lowest BCUT2D eigenvalue weighted by Crippen LogP contribution is -2.27. The van der Waals surface area contributed by atoms with E-state index >= 15 is 0 Å². The van der Waals surface area contributed by atoms with E-state index in [1.165, 1.54) is 16.7 Å². The van der Waals surface area contributed by atoms with Crippen molar-refractivity contribution in [2.75, 3.05) is 11.5 Å². The molecule has 1 aliphatic heterocycles. The van der Waals surface area contributed by atoms with Gasteiger partial charge in [0.05, 0.1) is 10.6 Å². The number of halogens is 1. The highest BCUT2D eigenvalue weighted by Gasteiger charge is 2.33. The van der Waals surface area contributed by atoms with Crippen LogP contribution in [0.25, 0.3) is 6.08 Å². The number of primary amides is 1. The molecule has 0 spiro atoms.